The average Bonchev–Trinajstić information content (AvgIpc) is 3.28. The van der Waals surface area contributed by atoms with Crippen LogP contribution in [0.25, 0.3) is 110 Å². The Morgan fingerprint density at radius 3 is 1.38 bits per heavy atom. The molecule has 10 aromatic carbocycles. The van der Waals surface area contributed by atoms with Gasteiger partial charge in [0.25, 0.3) is 0 Å². The van der Waals surface area contributed by atoms with E-state index in [-0.39, 0.29) is 0 Å². The van der Waals surface area contributed by atoms with Gasteiger partial charge in [0.2, 0.25) is 0 Å². The van der Waals surface area contributed by atoms with Crippen molar-refractivity contribution in [1.82, 2.24) is 15.0 Å². The van der Waals surface area contributed by atoms with Crippen molar-refractivity contribution in [2.45, 2.75) is 0 Å². The van der Waals surface area contributed by atoms with Gasteiger partial charge in [0.05, 0.1) is 0 Å². The molecule has 0 unspecified atom stereocenters. The topological polar surface area (TPSA) is 38.7 Å². The van der Waals surface area contributed by atoms with Crippen molar-refractivity contribution in [2.24, 2.45) is 0 Å². The van der Waals surface area contributed by atoms with E-state index in [0.717, 1.165) is 38.6 Å². The molecule has 0 spiro atoms. The Labute approximate surface area is 324 Å². The van der Waals surface area contributed by atoms with E-state index in [1.807, 2.05) is 6.07 Å². The van der Waals surface area contributed by atoms with Crippen LogP contribution >= 0.6 is 0 Å². The largest absolute Gasteiger partial charge is 0.208 e. The summed E-state index contributed by atoms with van der Waals surface area (Å²) in [4.78, 5) is 15.6. The Bertz CT molecular complexity index is 3280. The minimum Gasteiger partial charge on any atom is -0.208 e. The van der Waals surface area contributed by atoms with Crippen molar-refractivity contribution in [1.29, 1.82) is 0 Å². The second-order valence-electron chi connectivity index (χ2n) is 14.4. The smallest absolute Gasteiger partial charge is 0.164 e. The summed E-state index contributed by atoms with van der Waals surface area (Å²) < 4.78 is 0. The molecule has 0 radical (unpaired) electrons. The zero-order valence-corrected chi connectivity index (χ0v) is 30.4. The van der Waals surface area contributed by atoms with E-state index in [0.29, 0.717) is 17.5 Å². The van der Waals surface area contributed by atoms with E-state index in [2.05, 4.69) is 194 Å². The molecular formula is C53H33N3. The molecule has 1 heterocycles. The van der Waals surface area contributed by atoms with Gasteiger partial charge in [-0.3, -0.25) is 0 Å². The lowest BCUT2D eigenvalue weighted by molar-refractivity contribution is 1.08. The molecule has 0 fully saturated rings. The van der Waals surface area contributed by atoms with Gasteiger partial charge in [-0.05, 0) is 88.2 Å². The third-order valence-corrected chi connectivity index (χ3v) is 11.1. The fourth-order valence-electron chi connectivity index (χ4n) is 8.35. The van der Waals surface area contributed by atoms with Crippen LogP contribution in [0.15, 0.2) is 200 Å². The van der Waals surface area contributed by atoms with E-state index in [1.165, 1.54) is 54.2 Å². The monoisotopic (exact) mass is 711 g/mol. The van der Waals surface area contributed by atoms with Crippen LogP contribution in [0.1, 0.15) is 0 Å². The van der Waals surface area contributed by atoms with Gasteiger partial charge in [-0.25, -0.2) is 15.0 Å². The highest BCUT2D eigenvalue weighted by atomic mass is 15.0. The van der Waals surface area contributed by atoms with Crippen LogP contribution < -0.4 is 0 Å². The van der Waals surface area contributed by atoms with Crippen molar-refractivity contribution in [3.8, 4) is 56.4 Å². The fourth-order valence-corrected chi connectivity index (χ4v) is 8.35. The SMILES string of the molecule is c1ccc(-c2ccc(-c3nc(-c4ccc(-c5c6ccccc6cc6c5ccc5ccccc56)cc4)nc(-c4cc5ccccc5c5ccccc45)n3)cc2)cc1. The van der Waals surface area contributed by atoms with E-state index in [1.54, 1.807) is 0 Å². The Hall–Kier alpha value is -7.49. The van der Waals surface area contributed by atoms with Crippen LogP contribution in [-0.4, -0.2) is 15.0 Å². The lowest BCUT2D eigenvalue weighted by atomic mass is 9.89. The molecule has 260 valence electrons. The molecule has 1 aromatic heterocycles. The number of hydrogen-bond acceptors (Lipinski definition) is 3. The third kappa shape index (κ3) is 5.40. The first-order valence-electron chi connectivity index (χ1n) is 19.0. The Morgan fingerprint density at radius 2 is 0.696 bits per heavy atom. The maximum atomic E-state index is 5.24. The number of aromatic nitrogens is 3. The average molecular weight is 712 g/mol. The second-order valence-corrected chi connectivity index (χ2v) is 14.4. The van der Waals surface area contributed by atoms with Crippen molar-refractivity contribution in [3.05, 3.63) is 200 Å². The molecule has 0 atom stereocenters. The normalized spacial score (nSPS) is 11.6. The molecule has 56 heavy (non-hydrogen) atoms. The lowest BCUT2D eigenvalue weighted by Gasteiger charge is -2.15. The highest BCUT2D eigenvalue weighted by Gasteiger charge is 2.17. The maximum absolute atomic E-state index is 5.24. The van der Waals surface area contributed by atoms with Crippen LogP contribution in [0, 0.1) is 0 Å². The number of benzene rings is 10. The van der Waals surface area contributed by atoms with Gasteiger partial charge >= 0.3 is 0 Å². The van der Waals surface area contributed by atoms with Crippen molar-refractivity contribution >= 4 is 53.9 Å². The van der Waals surface area contributed by atoms with E-state index >= 15 is 0 Å². The zero-order chi connectivity index (χ0) is 37.0. The molecule has 11 rings (SSSR count). The van der Waals surface area contributed by atoms with Gasteiger partial charge in [0.15, 0.2) is 17.5 Å². The van der Waals surface area contributed by atoms with Gasteiger partial charge in [-0.1, -0.05) is 188 Å². The molecule has 11 aromatic rings. The van der Waals surface area contributed by atoms with Crippen LogP contribution in [0.4, 0.5) is 0 Å². The van der Waals surface area contributed by atoms with Gasteiger partial charge in [0, 0.05) is 16.7 Å². The minimum absolute atomic E-state index is 0.634. The molecule has 0 amide bonds. The summed E-state index contributed by atoms with van der Waals surface area (Å²) in [7, 11) is 0. The highest BCUT2D eigenvalue weighted by molar-refractivity contribution is 6.20. The van der Waals surface area contributed by atoms with E-state index in [4.69, 9.17) is 15.0 Å². The summed E-state index contributed by atoms with van der Waals surface area (Å²) in [6.45, 7) is 0. The van der Waals surface area contributed by atoms with Gasteiger partial charge in [-0.15, -0.1) is 0 Å². The Morgan fingerprint density at radius 1 is 0.232 bits per heavy atom. The first-order valence-corrected chi connectivity index (χ1v) is 19.0. The molecule has 0 aliphatic heterocycles. The van der Waals surface area contributed by atoms with Crippen LogP contribution in [0.5, 0.6) is 0 Å². The predicted molar refractivity (Wildman–Crippen MR) is 235 cm³/mol. The molecule has 0 saturated carbocycles. The number of hydrogen-bond donors (Lipinski definition) is 0. The van der Waals surface area contributed by atoms with Crippen molar-refractivity contribution in [2.75, 3.05) is 0 Å². The molecule has 0 aliphatic rings. The van der Waals surface area contributed by atoms with Crippen LogP contribution in [-0.2, 0) is 0 Å². The minimum atomic E-state index is 0.634. The highest BCUT2D eigenvalue weighted by Crippen LogP contribution is 2.40. The second kappa shape index (κ2) is 13.1. The molecular weight excluding hydrogens is 679 g/mol. The van der Waals surface area contributed by atoms with Gasteiger partial charge < -0.3 is 0 Å². The summed E-state index contributed by atoms with van der Waals surface area (Å²) >= 11 is 0. The van der Waals surface area contributed by atoms with Crippen molar-refractivity contribution < 1.29 is 0 Å². The van der Waals surface area contributed by atoms with E-state index in [9.17, 15) is 0 Å². The molecule has 3 nitrogen and oxygen atoms in total. The first kappa shape index (κ1) is 32.0. The zero-order valence-electron chi connectivity index (χ0n) is 30.4. The standard InChI is InChI=1S/C53H33N3/c1-2-12-34(13-3-1)35-22-26-38(27-23-35)51-54-52(56-53(55-51)49-33-40-15-5-8-18-43(40)45-20-10-11-21-46(45)49)39-28-24-37(25-29-39)50-44-19-9-6-16-41(44)32-48-42-17-7-4-14-36(42)30-31-47(48)50/h1-33H. The molecule has 0 bridgehead atoms. The summed E-state index contributed by atoms with van der Waals surface area (Å²) in [6, 6.07) is 71.2. The first-order chi connectivity index (χ1) is 27.7. The number of fused-ring (bicyclic) bond motifs is 7. The lowest BCUT2D eigenvalue weighted by Crippen LogP contribution is -2.01. The summed E-state index contributed by atoms with van der Waals surface area (Å²) in [5.41, 5.74) is 7.55. The Balaban J connectivity index is 1.09. The van der Waals surface area contributed by atoms with Gasteiger partial charge in [-0.2, -0.15) is 0 Å². The van der Waals surface area contributed by atoms with Crippen LogP contribution in [0.3, 0.4) is 0 Å². The fraction of sp³-hybridized carbons (Fsp3) is 0. The van der Waals surface area contributed by atoms with Crippen molar-refractivity contribution in [3.63, 3.8) is 0 Å². The van der Waals surface area contributed by atoms with E-state index < -0.39 is 0 Å². The summed E-state index contributed by atoms with van der Waals surface area (Å²) in [5, 5.41) is 12.1. The summed E-state index contributed by atoms with van der Waals surface area (Å²) in [5.74, 6) is 1.92. The molecule has 0 N–H and O–H groups in total. The maximum Gasteiger partial charge on any atom is 0.164 e. The quantitative estimate of drug-likeness (QED) is 0.132. The third-order valence-electron chi connectivity index (χ3n) is 11.1. The number of nitrogens with zero attached hydrogens (tertiary/aromatic N) is 3. The summed E-state index contributed by atoms with van der Waals surface area (Å²) in [6.07, 6.45) is 0. The van der Waals surface area contributed by atoms with Gasteiger partial charge in [0.1, 0.15) is 0 Å². The molecule has 3 heteroatoms. The number of rotatable bonds is 5. The molecule has 0 aliphatic carbocycles. The van der Waals surface area contributed by atoms with Crippen LogP contribution in [0.2, 0.25) is 0 Å². The molecule has 0 saturated heterocycles. The predicted octanol–water partition coefficient (Wildman–Crippen LogP) is 14.0. The Kier molecular flexibility index (Phi) is 7.49.